The molecule has 0 amide bonds. The van der Waals surface area contributed by atoms with E-state index in [-0.39, 0.29) is 18.3 Å². The molecule has 0 radical (unpaired) electrons. The van der Waals surface area contributed by atoms with Crippen LogP contribution in [0.1, 0.15) is 90.4 Å². The molecule has 3 aromatic rings. The first-order chi connectivity index (χ1) is 15.9. The van der Waals surface area contributed by atoms with Gasteiger partial charge in [0.05, 0.1) is 6.42 Å². The van der Waals surface area contributed by atoms with Gasteiger partial charge in [0.15, 0.2) is 0 Å². The molecule has 1 atom stereocenters. The van der Waals surface area contributed by atoms with Crippen molar-refractivity contribution in [1.29, 1.82) is 0 Å². The fraction of sp³-hybridized carbons (Fsp3) is 0.556. The standard InChI is InChI=1S/C27H35N3O3/c1-27(2,3)32-23(31)18-21(14-9-12-19-10-5-4-6-11-19)26-29-25(30-33-26)24-22-15-8-7-13-20(22)16-17-28-24/h7-8,13,15-17,19,21H,4-6,9-12,14,18H2,1-3H3. The van der Waals surface area contributed by atoms with E-state index >= 15 is 0 Å². The second-order valence-electron chi connectivity index (χ2n) is 10.3. The van der Waals surface area contributed by atoms with E-state index in [0.717, 1.165) is 29.5 Å². The van der Waals surface area contributed by atoms with Gasteiger partial charge in [-0.2, -0.15) is 4.98 Å². The molecular formula is C27H35N3O3. The predicted molar refractivity (Wildman–Crippen MR) is 129 cm³/mol. The summed E-state index contributed by atoms with van der Waals surface area (Å²) in [7, 11) is 0. The lowest BCUT2D eigenvalue weighted by atomic mass is 9.84. The van der Waals surface area contributed by atoms with Crippen molar-refractivity contribution >= 4 is 16.7 Å². The smallest absolute Gasteiger partial charge is 0.307 e. The van der Waals surface area contributed by atoms with E-state index in [1.54, 1.807) is 6.20 Å². The van der Waals surface area contributed by atoms with Crippen LogP contribution in [0.5, 0.6) is 0 Å². The van der Waals surface area contributed by atoms with Crippen molar-refractivity contribution in [2.45, 2.75) is 90.1 Å². The molecule has 2 heterocycles. The van der Waals surface area contributed by atoms with Gasteiger partial charge in [0, 0.05) is 17.5 Å². The summed E-state index contributed by atoms with van der Waals surface area (Å²) in [6, 6.07) is 9.99. The Morgan fingerprint density at radius 1 is 1.15 bits per heavy atom. The zero-order valence-electron chi connectivity index (χ0n) is 20.0. The summed E-state index contributed by atoms with van der Waals surface area (Å²) in [5, 5.41) is 6.29. The number of pyridine rings is 1. The first-order valence-corrected chi connectivity index (χ1v) is 12.3. The molecule has 6 heteroatoms. The van der Waals surface area contributed by atoms with Crippen molar-refractivity contribution in [2.75, 3.05) is 0 Å². The van der Waals surface area contributed by atoms with Crippen molar-refractivity contribution in [3.05, 3.63) is 42.4 Å². The van der Waals surface area contributed by atoms with E-state index in [2.05, 4.69) is 10.1 Å². The highest BCUT2D eigenvalue weighted by Crippen LogP contribution is 2.33. The van der Waals surface area contributed by atoms with Crippen LogP contribution in [0.15, 0.2) is 41.1 Å². The highest BCUT2D eigenvalue weighted by Gasteiger charge is 2.27. The normalized spacial score (nSPS) is 16.1. The minimum absolute atomic E-state index is 0.153. The molecule has 0 aliphatic heterocycles. The summed E-state index contributed by atoms with van der Waals surface area (Å²) in [4.78, 5) is 21.8. The first-order valence-electron chi connectivity index (χ1n) is 12.3. The highest BCUT2D eigenvalue weighted by atomic mass is 16.6. The van der Waals surface area contributed by atoms with Crippen molar-refractivity contribution < 1.29 is 14.1 Å². The molecule has 4 rings (SSSR count). The molecule has 0 bridgehead atoms. The Labute approximate surface area is 196 Å². The van der Waals surface area contributed by atoms with E-state index in [0.29, 0.717) is 17.4 Å². The Morgan fingerprint density at radius 3 is 2.73 bits per heavy atom. The molecule has 176 valence electrons. The number of fused-ring (bicyclic) bond motifs is 1. The molecule has 1 aromatic carbocycles. The number of hydrogen-bond donors (Lipinski definition) is 0. The maximum absolute atomic E-state index is 12.6. The maximum Gasteiger partial charge on any atom is 0.307 e. The van der Waals surface area contributed by atoms with Gasteiger partial charge >= 0.3 is 5.97 Å². The average molecular weight is 450 g/mol. The Balaban J connectivity index is 1.51. The largest absolute Gasteiger partial charge is 0.460 e. The molecule has 1 aliphatic rings. The van der Waals surface area contributed by atoms with Gasteiger partial charge in [0.2, 0.25) is 11.7 Å². The van der Waals surface area contributed by atoms with Gasteiger partial charge in [0.25, 0.3) is 0 Å². The minimum atomic E-state index is -0.517. The van der Waals surface area contributed by atoms with Gasteiger partial charge in [-0.1, -0.05) is 74.4 Å². The van der Waals surface area contributed by atoms with Crippen LogP contribution in [0.3, 0.4) is 0 Å². The number of carbonyl (C=O) groups excluding carboxylic acids is 1. The van der Waals surface area contributed by atoms with Gasteiger partial charge in [0.1, 0.15) is 11.3 Å². The molecule has 0 saturated heterocycles. The maximum atomic E-state index is 12.6. The van der Waals surface area contributed by atoms with Crippen LogP contribution < -0.4 is 0 Å². The number of carbonyl (C=O) groups is 1. The van der Waals surface area contributed by atoms with E-state index in [1.165, 1.54) is 38.5 Å². The number of rotatable bonds is 8. The fourth-order valence-corrected chi connectivity index (χ4v) is 4.82. The summed E-state index contributed by atoms with van der Waals surface area (Å²) >= 11 is 0. The summed E-state index contributed by atoms with van der Waals surface area (Å²) in [5.41, 5.74) is 0.178. The molecular weight excluding hydrogens is 414 g/mol. The van der Waals surface area contributed by atoms with Crippen LogP contribution in [0.25, 0.3) is 22.3 Å². The second kappa shape index (κ2) is 10.4. The number of esters is 1. The molecule has 1 fully saturated rings. The van der Waals surface area contributed by atoms with Crippen molar-refractivity contribution in [2.24, 2.45) is 5.92 Å². The van der Waals surface area contributed by atoms with Crippen molar-refractivity contribution in [1.82, 2.24) is 15.1 Å². The van der Waals surface area contributed by atoms with E-state index in [4.69, 9.17) is 14.2 Å². The molecule has 0 spiro atoms. The molecule has 1 saturated carbocycles. The van der Waals surface area contributed by atoms with E-state index in [9.17, 15) is 4.79 Å². The zero-order chi connectivity index (χ0) is 23.3. The molecule has 6 nitrogen and oxygen atoms in total. The monoisotopic (exact) mass is 449 g/mol. The topological polar surface area (TPSA) is 78.1 Å². The highest BCUT2D eigenvalue weighted by molar-refractivity contribution is 5.92. The number of nitrogens with zero attached hydrogens (tertiary/aromatic N) is 3. The van der Waals surface area contributed by atoms with Crippen molar-refractivity contribution in [3.8, 4) is 11.5 Å². The van der Waals surface area contributed by atoms with E-state index < -0.39 is 5.60 Å². The summed E-state index contributed by atoms with van der Waals surface area (Å²) in [6.07, 6.45) is 11.8. The molecule has 1 unspecified atom stereocenters. The third-order valence-corrected chi connectivity index (χ3v) is 6.40. The fourth-order valence-electron chi connectivity index (χ4n) is 4.82. The van der Waals surface area contributed by atoms with Gasteiger partial charge < -0.3 is 9.26 Å². The number of aromatic nitrogens is 3. The Bertz CT molecular complexity index is 1060. The SMILES string of the molecule is CC(C)(C)OC(=O)CC(CCCC1CCCCC1)c1nc(-c2nccc3ccccc23)no1. The van der Waals surface area contributed by atoms with Crippen LogP contribution in [0, 0.1) is 5.92 Å². The molecule has 2 aromatic heterocycles. The Kier molecular flexibility index (Phi) is 7.41. The lowest BCUT2D eigenvalue weighted by molar-refractivity contribution is -0.155. The average Bonchev–Trinajstić information content (AvgIpc) is 3.27. The Hall–Kier alpha value is -2.76. The third kappa shape index (κ3) is 6.40. The minimum Gasteiger partial charge on any atom is -0.460 e. The molecule has 33 heavy (non-hydrogen) atoms. The summed E-state index contributed by atoms with van der Waals surface area (Å²) < 4.78 is 11.3. The number of ether oxygens (including phenoxy) is 1. The Morgan fingerprint density at radius 2 is 1.94 bits per heavy atom. The second-order valence-corrected chi connectivity index (χ2v) is 10.3. The van der Waals surface area contributed by atoms with Crippen LogP contribution in [0.2, 0.25) is 0 Å². The summed E-state index contributed by atoms with van der Waals surface area (Å²) in [5.74, 6) is 1.38. The van der Waals surface area contributed by atoms with Crippen molar-refractivity contribution in [3.63, 3.8) is 0 Å². The number of benzene rings is 1. The molecule has 1 aliphatic carbocycles. The van der Waals surface area contributed by atoms with Crippen LogP contribution in [-0.4, -0.2) is 26.7 Å². The lowest BCUT2D eigenvalue weighted by Gasteiger charge is -2.23. The first kappa shape index (κ1) is 23.4. The van der Waals surface area contributed by atoms with Gasteiger partial charge in [-0.05, 0) is 44.6 Å². The predicted octanol–water partition coefficient (Wildman–Crippen LogP) is 6.85. The third-order valence-electron chi connectivity index (χ3n) is 6.40. The molecule has 0 N–H and O–H groups in total. The number of hydrogen-bond acceptors (Lipinski definition) is 6. The zero-order valence-corrected chi connectivity index (χ0v) is 20.0. The lowest BCUT2D eigenvalue weighted by Crippen LogP contribution is -2.25. The van der Waals surface area contributed by atoms with Gasteiger partial charge in [-0.15, -0.1) is 0 Å². The van der Waals surface area contributed by atoms with Crippen LogP contribution >= 0.6 is 0 Å². The van der Waals surface area contributed by atoms with Gasteiger partial charge in [-0.3, -0.25) is 9.78 Å². The van der Waals surface area contributed by atoms with Gasteiger partial charge in [-0.25, -0.2) is 0 Å². The van der Waals surface area contributed by atoms with Crippen LogP contribution in [-0.2, 0) is 9.53 Å². The van der Waals surface area contributed by atoms with E-state index in [1.807, 2.05) is 51.1 Å². The van der Waals surface area contributed by atoms with Crippen LogP contribution in [0.4, 0.5) is 0 Å². The quantitative estimate of drug-likeness (QED) is 0.350. The summed E-state index contributed by atoms with van der Waals surface area (Å²) in [6.45, 7) is 5.67.